The maximum absolute atomic E-state index is 11.7. The number of nitrogens with two attached hydrogens (primary N) is 1. The summed E-state index contributed by atoms with van der Waals surface area (Å²) >= 11 is 6.01. The van der Waals surface area contributed by atoms with Gasteiger partial charge in [-0.25, -0.2) is 4.99 Å². The number of hydrogen-bond acceptors (Lipinski definition) is 4. The average Bonchev–Trinajstić information content (AvgIpc) is 3.04. The van der Waals surface area contributed by atoms with E-state index in [1.807, 2.05) is 0 Å². The van der Waals surface area contributed by atoms with Crippen LogP contribution in [0.4, 0.5) is 5.69 Å². The number of guanidine groups is 1. The standard InChI is InChI=1S/C15H17ClN4O3/c1-22-13-5-4-10(7-12(13)16)20-15(17)19-9-14(21)18-8-11-3-2-6-23-11/h2-7H,8-9H2,1H3,(H,18,21)(H3,17,19,20). The molecule has 0 aliphatic rings. The Hall–Kier alpha value is -2.67. The van der Waals surface area contributed by atoms with Crippen molar-refractivity contribution in [1.29, 1.82) is 0 Å². The third kappa shape index (κ3) is 5.23. The molecule has 0 atom stereocenters. The normalized spacial score (nSPS) is 11.1. The van der Waals surface area contributed by atoms with Gasteiger partial charge in [0.15, 0.2) is 5.96 Å². The van der Waals surface area contributed by atoms with Crippen molar-refractivity contribution in [2.45, 2.75) is 6.54 Å². The van der Waals surface area contributed by atoms with Crippen molar-refractivity contribution in [1.82, 2.24) is 5.32 Å². The zero-order valence-corrected chi connectivity index (χ0v) is 13.3. The lowest BCUT2D eigenvalue weighted by Crippen LogP contribution is -2.28. The van der Waals surface area contributed by atoms with Crippen LogP contribution in [0, 0.1) is 0 Å². The van der Waals surface area contributed by atoms with E-state index in [0.717, 1.165) is 0 Å². The van der Waals surface area contributed by atoms with Crippen LogP contribution >= 0.6 is 11.6 Å². The molecule has 7 nitrogen and oxygen atoms in total. The molecule has 1 heterocycles. The van der Waals surface area contributed by atoms with Crippen LogP contribution in [0.2, 0.25) is 5.02 Å². The molecule has 0 aliphatic carbocycles. The summed E-state index contributed by atoms with van der Waals surface area (Å²) in [6.45, 7) is 0.214. The third-order valence-electron chi connectivity index (χ3n) is 2.86. The van der Waals surface area contributed by atoms with E-state index >= 15 is 0 Å². The summed E-state index contributed by atoms with van der Waals surface area (Å²) in [6, 6.07) is 8.62. The average molecular weight is 337 g/mol. The number of benzene rings is 1. The first-order chi connectivity index (χ1) is 11.1. The Kier molecular flexibility index (Phi) is 5.87. The summed E-state index contributed by atoms with van der Waals surface area (Å²) < 4.78 is 10.2. The Labute approximate surface area is 138 Å². The second-order valence-corrected chi connectivity index (χ2v) is 4.94. The van der Waals surface area contributed by atoms with Crippen LogP contribution in [-0.2, 0) is 11.3 Å². The van der Waals surface area contributed by atoms with Gasteiger partial charge in [0.25, 0.3) is 0 Å². The summed E-state index contributed by atoms with van der Waals surface area (Å²) in [6.07, 6.45) is 1.54. The first kappa shape index (κ1) is 16.7. The van der Waals surface area contributed by atoms with E-state index in [2.05, 4.69) is 15.6 Å². The van der Waals surface area contributed by atoms with E-state index < -0.39 is 0 Å². The number of aliphatic imine (C=N–C) groups is 1. The van der Waals surface area contributed by atoms with Crippen LogP contribution < -0.4 is 21.1 Å². The van der Waals surface area contributed by atoms with Crippen LogP contribution in [0.1, 0.15) is 5.76 Å². The van der Waals surface area contributed by atoms with Crippen molar-refractivity contribution in [3.63, 3.8) is 0 Å². The fourth-order valence-corrected chi connectivity index (χ4v) is 2.00. The number of carbonyl (C=O) groups is 1. The molecular weight excluding hydrogens is 320 g/mol. The molecule has 0 spiro atoms. The lowest BCUT2D eigenvalue weighted by molar-refractivity contribution is -0.119. The Morgan fingerprint density at radius 2 is 2.26 bits per heavy atom. The third-order valence-corrected chi connectivity index (χ3v) is 3.15. The zero-order chi connectivity index (χ0) is 16.7. The van der Waals surface area contributed by atoms with Gasteiger partial charge in [0, 0.05) is 5.69 Å². The summed E-state index contributed by atoms with van der Waals surface area (Å²) in [5, 5.41) is 5.96. The maximum Gasteiger partial charge on any atom is 0.242 e. The number of hydrogen-bond donors (Lipinski definition) is 3. The number of ether oxygens (including phenoxy) is 1. The molecule has 23 heavy (non-hydrogen) atoms. The highest BCUT2D eigenvalue weighted by atomic mass is 35.5. The van der Waals surface area contributed by atoms with Crippen LogP contribution in [0.25, 0.3) is 0 Å². The molecule has 0 bridgehead atoms. The summed E-state index contributed by atoms with van der Waals surface area (Å²) in [5.41, 5.74) is 6.38. The minimum absolute atomic E-state index is 0.0938. The van der Waals surface area contributed by atoms with Gasteiger partial charge in [-0.3, -0.25) is 4.79 Å². The predicted molar refractivity (Wildman–Crippen MR) is 88.7 cm³/mol. The van der Waals surface area contributed by atoms with Crippen molar-refractivity contribution in [2.75, 3.05) is 19.0 Å². The molecule has 0 fully saturated rings. The van der Waals surface area contributed by atoms with E-state index in [1.54, 1.807) is 36.6 Å². The summed E-state index contributed by atoms with van der Waals surface area (Å²) in [7, 11) is 1.53. The number of carbonyl (C=O) groups excluding carboxylic acids is 1. The van der Waals surface area contributed by atoms with Gasteiger partial charge in [0.05, 0.1) is 24.9 Å². The van der Waals surface area contributed by atoms with Crippen molar-refractivity contribution < 1.29 is 13.9 Å². The van der Waals surface area contributed by atoms with Crippen LogP contribution in [0.3, 0.4) is 0 Å². The molecule has 4 N–H and O–H groups in total. The lowest BCUT2D eigenvalue weighted by Gasteiger charge is -2.08. The van der Waals surface area contributed by atoms with Gasteiger partial charge in [-0.1, -0.05) is 11.6 Å². The van der Waals surface area contributed by atoms with Crippen LogP contribution in [0.5, 0.6) is 5.75 Å². The van der Waals surface area contributed by atoms with Gasteiger partial charge in [0.1, 0.15) is 18.1 Å². The second kappa shape index (κ2) is 8.09. The predicted octanol–water partition coefficient (Wildman–Crippen LogP) is 1.98. The molecule has 122 valence electrons. The Balaban J connectivity index is 1.82. The molecule has 0 radical (unpaired) electrons. The minimum atomic E-state index is -0.265. The number of halogens is 1. The molecule has 0 saturated heterocycles. The highest BCUT2D eigenvalue weighted by Crippen LogP contribution is 2.26. The summed E-state index contributed by atoms with van der Waals surface area (Å²) in [5.74, 6) is 1.07. The van der Waals surface area contributed by atoms with E-state index in [4.69, 9.17) is 26.5 Å². The zero-order valence-electron chi connectivity index (χ0n) is 12.5. The van der Waals surface area contributed by atoms with Crippen LogP contribution in [0.15, 0.2) is 46.0 Å². The van der Waals surface area contributed by atoms with Gasteiger partial charge in [-0.05, 0) is 30.3 Å². The summed E-state index contributed by atoms with van der Waals surface area (Å²) in [4.78, 5) is 15.6. The van der Waals surface area contributed by atoms with Crippen molar-refractivity contribution in [3.8, 4) is 5.75 Å². The molecule has 0 aliphatic heterocycles. The molecule has 1 aromatic heterocycles. The smallest absolute Gasteiger partial charge is 0.242 e. The Bertz CT molecular complexity index is 686. The van der Waals surface area contributed by atoms with E-state index in [0.29, 0.717) is 28.8 Å². The van der Waals surface area contributed by atoms with E-state index in [-0.39, 0.29) is 18.4 Å². The van der Waals surface area contributed by atoms with E-state index in [1.165, 1.54) is 7.11 Å². The topological polar surface area (TPSA) is 102 Å². The molecule has 0 unspecified atom stereocenters. The fourth-order valence-electron chi connectivity index (χ4n) is 1.74. The molecule has 8 heteroatoms. The highest BCUT2D eigenvalue weighted by Gasteiger charge is 2.04. The number of nitrogens with zero attached hydrogens (tertiary/aromatic N) is 1. The SMILES string of the molecule is COc1ccc(NC(N)=NCC(=O)NCc2ccco2)cc1Cl. The Morgan fingerprint density at radius 1 is 1.43 bits per heavy atom. The number of rotatable bonds is 6. The van der Waals surface area contributed by atoms with Crippen LogP contribution in [-0.4, -0.2) is 25.5 Å². The van der Waals surface area contributed by atoms with Gasteiger partial charge in [-0.15, -0.1) is 0 Å². The number of anilines is 1. The second-order valence-electron chi connectivity index (χ2n) is 4.53. The van der Waals surface area contributed by atoms with Gasteiger partial charge in [-0.2, -0.15) is 0 Å². The number of amides is 1. The van der Waals surface area contributed by atoms with E-state index in [9.17, 15) is 4.79 Å². The van der Waals surface area contributed by atoms with Crippen molar-refractivity contribution >= 4 is 29.2 Å². The maximum atomic E-state index is 11.7. The minimum Gasteiger partial charge on any atom is -0.495 e. The van der Waals surface area contributed by atoms with Crippen molar-refractivity contribution in [2.24, 2.45) is 10.7 Å². The number of methoxy groups -OCH3 is 1. The number of furan rings is 1. The fraction of sp³-hybridized carbons (Fsp3) is 0.200. The molecule has 1 aromatic carbocycles. The highest BCUT2D eigenvalue weighted by molar-refractivity contribution is 6.32. The van der Waals surface area contributed by atoms with Crippen molar-refractivity contribution in [3.05, 3.63) is 47.4 Å². The molecule has 1 amide bonds. The molecule has 2 rings (SSSR count). The largest absolute Gasteiger partial charge is 0.495 e. The monoisotopic (exact) mass is 336 g/mol. The number of nitrogens with one attached hydrogen (secondary N) is 2. The molecular formula is C15H17ClN4O3. The first-order valence-electron chi connectivity index (χ1n) is 6.78. The quantitative estimate of drug-likeness (QED) is 0.553. The first-order valence-corrected chi connectivity index (χ1v) is 7.16. The lowest BCUT2D eigenvalue weighted by atomic mass is 10.3. The van der Waals surface area contributed by atoms with Gasteiger partial charge in [0.2, 0.25) is 5.91 Å². The Morgan fingerprint density at radius 3 is 2.91 bits per heavy atom. The van der Waals surface area contributed by atoms with Gasteiger partial charge >= 0.3 is 0 Å². The molecule has 0 saturated carbocycles. The molecule has 2 aromatic rings. The van der Waals surface area contributed by atoms with Gasteiger partial charge < -0.3 is 25.5 Å².